The second-order valence-electron chi connectivity index (χ2n) is 3.50. The molecule has 17 heavy (non-hydrogen) atoms. The molecule has 4 nitrogen and oxygen atoms in total. The molecule has 0 saturated carbocycles. The van der Waals surface area contributed by atoms with Crippen molar-refractivity contribution < 1.29 is 9.21 Å². The highest BCUT2D eigenvalue weighted by Gasteiger charge is 2.05. The average Bonchev–Trinajstić information content (AvgIpc) is 2.82. The minimum absolute atomic E-state index is 0.143. The highest BCUT2D eigenvalue weighted by molar-refractivity contribution is 6.30. The number of nitrogens with one attached hydrogen (secondary N) is 1. The van der Waals surface area contributed by atoms with E-state index in [1.165, 1.54) is 6.39 Å². The van der Waals surface area contributed by atoms with Crippen molar-refractivity contribution in [3.05, 3.63) is 53.2 Å². The first-order valence-corrected chi connectivity index (χ1v) is 5.54. The number of oxazole rings is 1. The van der Waals surface area contributed by atoms with E-state index in [9.17, 15) is 4.79 Å². The van der Waals surface area contributed by atoms with Gasteiger partial charge in [-0.15, -0.1) is 0 Å². The van der Waals surface area contributed by atoms with Crippen LogP contribution >= 0.6 is 11.6 Å². The van der Waals surface area contributed by atoms with Crippen LogP contribution in [0.4, 0.5) is 0 Å². The fourth-order valence-electron chi connectivity index (χ4n) is 1.40. The summed E-state index contributed by atoms with van der Waals surface area (Å²) >= 11 is 5.80. The SMILES string of the molecule is O=C(NCCc1cocn1)c1cccc(Cl)c1. The normalized spacial score (nSPS) is 10.2. The lowest BCUT2D eigenvalue weighted by Gasteiger charge is -2.03. The number of amides is 1. The summed E-state index contributed by atoms with van der Waals surface area (Å²) in [4.78, 5) is 15.7. The molecule has 0 radical (unpaired) electrons. The molecular formula is C12H11ClN2O2. The lowest BCUT2D eigenvalue weighted by molar-refractivity contribution is 0.0954. The Bertz CT molecular complexity index is 497. The van der Waals surface area contributed by atoms with E-state index in [2.05, 4.69) is 10.3 Å². The van der Waals surface area contributed by atoms with Crippen LogP contribution in [0.3, 0.4) is 0 Å². The van der Waals surface area contributed by atoms with E-state index in [1.807, 2.05) is 0 Å². The second-order valence-corrected chi connectivity index (χ2v) is 3.93. The van der Waals surface area contributed by atoms with Crippen molar-refractivity contribution in [1.29, 1.82) is 0 Å². The van der Waals surface area contributed by atoms with Crippen LogP contribution in [0.1, 0.15) is 16.1 Å². The van der Waals surface area contributed by atoms with Crippen molar-refractivity contribution in [1.82, 2.24) is 10.3 Å². The molecule has 0 saturated heterocycles. The largest absolute Gasteiger partial charge is 0.451 e. The van der Waals surface area contributed by atoms with Gasteiger partial charge in [0.2, 0.25) is 0 Å². The minimum Gasteiger partial charge on any atom is -0.451 e. The van der Waals surface area contributed by atoms with Gasteiger partial charge < -0.3 is 9.73 Å². The summed E-state index contributed by atoms with van der Waals surface area (Å²) in [5.74, 6) is -0.143. The maximum atomic E-state index is 11.7. The van der Waals surface area contributed by atoms with E-state index in [-0.39, 0.29) is 5.91 Å². The number of nitrogens with zero attached hydrogens (tertiary/aromatic N) is 1. The third-order valence-corrected chi connectivity index (χ3v) is 2.47. The number of benzene rings is 1. The number of halogens is 1. The summed E-state index contributed by atoms with van der Waals surface area (Å²) in [6.07, 6.45) is 3.57. The molecule has 0 atom stereocenters. The van der Waals surface area contributed by atoms with Crippen molar-refractivity contribution in [2.75, 3.05) is 6.54 Å². The van der Waals surface area contributed by atoms with E-state index in [0.717, 1.165) is 5.69 Å². The molecule has 0 aliphatic carbocycles. The van der Waals surface area contributed by atoms with Crippen molar-refractivity contribution in [3.8, 4) is 0 Å². The molecular weight excluding hydrogens is 240 g/mol. The number of hydrogen-bond donors (Lipinski definition) is 1. The molecule has 1 aromatic heterocycles. The monoisotopic (exact) mass is 250 g/mol. The number of hydrogen-bond acceptors (Lipinski definition) is 3. The molecule has 1 amide bonds. The molecule has 1 aromatic carbocycles. The van der Waals surface area contributed by atoms with Gasteiger partial charge in [0.25, 0.3) is 5.91 Å². The molecule has 0 aliphatic rings. The van der Waals surface area contributed by atoms with E-state index in [1.54, 1.807) is 30.5 Å². The lowest BCUT2D eigenvalue weighted by Crippen LogP contribution is -2.25. The van der Waals surface area contributed by atoms with Crippen LogP contribution in [-0.2, 0) is 6.42 Å². The lowest BCUT2D eigenvalue weighted by atomic mass is 10.2. The van der Waals surface area contributed by atoms with Gasteiger partial charge in [0.1, 0.15) is 6.26 Å². The van der Waals surface area contributed by atoms with Crippen LogP contribution in [0.25, 0.3) is 0 Å². The van der Waals surface area contributed by atoms with Gasteiger partial charge in [-0.2, -0.15) is 0 Å². The number of carbonyl (C=O) groups is 1. The summed E-state index contributed by atoms with van der Waals surface area (Å²) in [5.41, 5.74) is 1.37. The Kier molecular flexibility index (Phi) is 3.77. The fourth-order valence-corrected chi connectivity index (χ4v) is 1.59. The van der Waals surface area contributed by atoms with Crippen molar-refractivity contribution in [3.63, 3.8) is 0 Å². The standard InChI is InChI=1S/C12H11ClN2O2/c13-10-3-1-2-9(6-10)12(16)14-5-4-11-7-17-8-15-11/h1-3,6-8H,4-5H2,(H,14,16). The Morgan fingerprint density at radius 3 is 3.06 bits per heavy atom. The third-order valence-electron chi connectivity index (χ3n) is 2.24. The maximum absolute atomic E-state index is 11.7. The second kappa shape index (κ2) is 5.50. The molecule has 0 aliphatic heterocycles. The van der Waals surface area contributed by atoms with Gasteiger partial charge in [0.05, 0.1) is 5.69 Å². The van der Waals surface area contributed by atoms with Gasteiger partial charge >= 0.3 is 0 Å². The first-order valence-electron chi connectivity index (χ1n) is 5.16. The molecule has 88 valence electrons. The predicted molar refractivity (Wildman–Crippen MR) is 64.0 cm³/mol. The first-order chi connectivity index (χ1) is 8.25. The van der Waals surface area contributed by atoms with Crippen molar-refractivity contribution >= 4 is 17.5 Å². The number of carbonyl (C=O) groups excluding carboxylic acids is 1. The summed E-state index contributed by atoms with van der Waals surface area (Å²) in [5, 5.41) is 3.34. The Balaban J connectivity index is 1.85. The average molecular weight is 251 g/mol. The molecule has 0 bridgehead atoms. The highest BCUT2D eigenvalue weighted by Crippen LogP contribution is 2.10. The zero-order chi connectivity index (χ0) is 12.1. The smallest absolute Gasteiger partial charge is 0.251 e. The molecule has 0 fully saturated rings. The molecule has 0 spiro atoms. The predicted octanol–water partition coefficient (Wildman–Crippen LogP) is 2.30. The van der Waals surface area contributed by atoms with Gasteiger partial charge in [-0.1, -0.05) is 17.7 Å². The van der Waals surface area contributed by atoms with E-state index < -0.39 is 0 Å². The molecule has 2 aromatic rings. The summed E-state index contributed by atoms with van der Waals surface area (Å²) < 4.78 is 4.83. The molecule has 0 unspecified atom stereocenters. The fraction of sp³-hybridized carbons (Fsp3) is 0.167. The summed E-state index contributed by atoms with van der Waals surface area (Å²) in [6.45, 7) is 0.512. The van der Waals surface area contributed by atoms with E-state index >= 15 is 0 Å². The minimum atomic E-state index is -0.143. The number of aromatic nitrogens is 1. The highest BCUT2D eigenvalue weighted by atomic mass is 35.5. The van der Waals surface area contributed by atoms with Crippen LogP contribution in [-0.4, -0.2) is 17.4 Å². The first kappa shape index (κ1) is 11.7. The van der Waals surface area contributed by atoms with Crippen LogP contribution in [0.15, 0.2) is 41.3 Å². The van der Waals surface area contributed by atoms with Gasteiger partial charge in [-0.05, 0) is 18.2 Å². The summed E-state index contributed by atoms with van der Waals surface area (Å²) in [6, 6.07) is 6.83. The number of rotatable bonds is 4. The van der Waals surface area contributed by atoms with Gasteiger partial charge in [0.15, 0.2) is 6.39 Å². The topological polar surface area (TPSA) is 55.1 Å². The molecule has 1 N–H and O–H groups in total. The van der Waals surface area contributed by atoms with Crippen LogP contribution < -0.4 is 5.32 Å². The van der Waals surface area contributed by atoms with E-state index in [4.69, 9.17) is 16.0 Å². The van der Waals surface area contributed by atoms with Crippen LogP contribution in [0.5, 0.6) is 0 Å². The third kappa shape index (κ3) is 3.32. The maximum Gasteiger partial charge on any atom is 0.251 e. The van der Waals surface area contributed by atoms with Gasteiger partial charge in [-0.3, -0.25) is 4.79 Å². The van der Waals surface area contributed by atoms with Crippen molar-refractivity contribution in [2.45, 2.75) is 6.42 Å². The quantitative estimate of drug-likeness (QED) is 0.906. The zero-order valence-corrected chi connectivity index (χ0v) is 9.78. The molecule has 1 heterocycles. The Morgan fingerprint density at radius 1 is 1.47 bits per heavy atom. The molecule has 2 rings (SSSR count). The Hall–Kier alpha value is -1.81. The Labute approximate surface area is 104 Å². The van der Waals surface area contributed by atoms with Crippen LogP contribution in [0, 0.1) is 0 Å². The van der Waals surface area contributed by atoms with E-state index in [0.29, 0.717) is 23.6 Å². The van der Waals surface area contributed by atoms with Crippen LogP contribution in [0.2, 0.25) is 5.02 Å². The van der Waals surface area contributed by atoms with Crippen molar-refractivity contribution in [2.24, 2.45) is 0 Å². The zero-order valence-electron chi connectivity index (χ0n) is 9.02. The Morgan fingerprint density at radius 2 is 2.35 bits per heavy atom. The van der Waals surface area contributed by atoms with Gasteiger partial charge in [0, 0.05) is 23.6 Å². The van der Waals surface area contributed by atoms with Gasteiger partial charge in [-0.25, -0.2) is 4.98 Å². The summed E-state index contributed by atoms with van der Waals surface area (Å²) in [7, 11) is 0. The molecule has 5 heteroatoms.